The molecule has 0 spiro atoms. The molecule has 0 aromatic carbocycles. The topological polar surface area (TPSA) is 43.4 Å². The second-order valence-electron chi connectivity index (χ2n) is 6.28. The van der Waals surface area contributed by atoms with Gasteiger partial charge in [-0.25, -0.2) is 0 Å². The van der Waals surface area contributed by atoms with Gasteiger partial charge in [0.15, 0.2) is 0 Å². The molecular formula is C14H22O3. The number of methoxy groups -OCH3 is 1. The van der Waals surface area contributed by atoms with E-state index in [-0.39, 0.29) is 22.7 Å². The van der Waals surface area contributed by atoms with Gasteiger partial charge in [-0.05, 0) is 30.6 Å². The van der Waals surface area contributed by atoms with Crippen molar-refractivity contribution in [3.8, 4) is 0 Å². The Morgan fingerprint density at radius 3 is 2.53 bits per heavy atom. The maximum absolute atomic E-state index is 12.5. The van der Waals surface area contributed by atoms with Gasteiger partial charge in [-0.2, -0.15) is 0 Å². The number of ketones is 1. The van der Waals surface area contributed by atoms with Crippen LogP contribution in [0.4, 0.5) is 0 Å². The molecule has 0 aromatic heterocycles. The number of fused-ring (bicyclic) bond motifs is 2. The molecule has 0 aliphatic heterocycles. The lowest BCUT2D eigenvalue weighted by molar-refractivity contribution is -0.141. The maximum atomic E-state index is 12.5. The third-order valence-electron chi connectivity index (χ3n) is 5.56. The molecule has 17 heavy (non-hydrogen) atoms. The Balaban J connectivity index is 2.12. The summed E-state index contributed by atoms with van der Waals surface area (Å²) in [5.41, 5.74) is -0.0800. The van der Waals surface area contributed by atoms with Gasteiger partial charge < -0.3 is 4.74 Å². The van der Waals surface area contributed by atoms with Crippen molar-refractivity contribution in [3.05, 3.63) is 0 Å². The van der Waals surface area contributed by atoms with E-state index in [0.29, 0.717) is 24.5 Å². The van der Waals surface area contributed by atoms with Crippen molar-refractivity contribution < 1.29 is 14.3 Å². The van der Waals surface area contributed by atoms with E-state index in [9.17, 15) is 9.59 Å². The largest absolute Gasteiger partial charge is 0.469 e. The number of rotatable bonds is 3. The number of carbonyl (C=O) groups excluding carboxylic acids is 2. The molecule has 2 bridgehead atoms. The number of ether oxygens (including phenoxy) is 1. The molecule has 3 atom stereocenters. The molecule has 0 amide bonds. The lowest BCUT2D eigenvalue weighted by Gasteiger charge is -2.32. The van der Waals surface area contributed by atoms with Crippen LogP contribution in [0.2, 0.25) is 0 Å². The van der Waals surface area contributed by atoms with E-state index in [1.807, 2.05) is 0 Å². The minimum Gasteiger partial charge on any atom is -0.469 e. The average molecular weight is 238 g/mol. The molecule has 0 unspecified atom stereocenters. The van der Waals surface area contributed by atoms with E-state index in [1.54, 1.807) is 0 Å². The Hall–Kier alpha value is -0.860. The third kappa shape index (κ3) is 1.54. The molecule has 0 N–H and O–H groups in total. The van der Waals surface area contributed by atoms with Crippen molar-refractivity contribution in [1.29, 1.82) is 0 Å². The van der Waals surface area contributed by atoms with Gasteiger partial charge in [0, 0.05) is 17.8 Å². The predicted octanol–water partition coefficient (Wildman–Crippen LogP) is 2.58. The van der Waals surface area contributed by atoms with Crippen molar-refractivity contribution in [2.75, 3.05) is 7.11 Å². The maximum Gasteiger partial charge on any atom is 0.305 e. The monoisotopic (exact) mass is 238 g/mol. The summed E-state index contributed by atoms with van der Waals surface area (Å²) in [6.07, 6.45) is 3.17. The summed E-state index contributed by atoms with van der Waals surface area (Å²) in [5, 5.41) is 0. The van der Waals surface area contributed by atoms with Gasteiger partial charge in [0.2, 0.25) is 0 Å². The van der Waals surface area contributed by atoms with E-state index in [1.165, 1.54) is 7.11 Å². The highest BCUT2D eigenvalue weighted by Gasteiger charge is 2.65. The first-order valence-electron chi connectivity index (χ1n) is 6.45. The molecule has 2 saturated carbocycles. The van der Waals surface area contributed by atoms with Crippen molar-refractivity contribution in [3.63, 3.8) is 0 Å². The lowest BCUT2D eigenvalue weighted by Crippen LogP contribution is -2.33. The van der Waals surface area contributed by atoms with Crippen molar-refractivity contribution in [2.24, 2.45) is 22.7 Å². The Kier molecular flexibility index (Phi) is 2.83. The smallest absolute Gasteiger partial charge is 0.305 e. The SMILES string of the molecule is COC(=O)CC[C@@H]1C(=O)[C@]2(C)CC[C@H]1C2(C)C. The van der Waals surface area contributed by atoms with Crippen LogP contribution in [0, 0.1) is 22.7 Å². The molecule has 3 nitrogen and oxygen atoms in total. The van der Waals surface area contributed by atoms with E-state index in [2.05, 4.69) is 25.5 Å². The quantitative estimate of drug-likeness (QED) is 0.710. The first-order valence-corrected chi connectivity index (χ1v) is 6.45. The fourth-order valence-corrected chi connectivity index (χ4v) is 3.98. The zero-order valence-corrected chi connectivity index (χ0v) is 11.2. The van der Waals surface area contributed by atoms with Gasteiger partial charge in [0.05, 0.1) is 7.11 Å². The number of hydrogen-bond acceptors (Lipinski definition) is 3. The molecule has 0 aromatic rings. The number of esters is 1. The number of Topliss-reactive ketones (excluding diaryl/α,β-unsaturated/α-hetero) is 1. The van der Waals surface area contributed by atoms with Crippen LogP contribution in [-0.4, -0.2) is 18.9 Å². The molecule has 0 radical (unpaired) electrons. The van der Waals surface area contributed by atoms with Crippen molar-refractivity contribution >= 4 is 11.8 Å². The molecule has 2 aliphatic rings. The van der Waals surface area contributed by atoms with Crippen molar-refractivity contribution in [1.82, 2.24) is 0 Å². The van der Waals surface area contributed by atoms with Crippen molar-refractivity contribution in [2.45, 2.75) is 46.5 Å². The second kappa shape index (κ2) is 3.82. The fourth-order valence-electron chi connectivity index (χ4n) is 3.98. The van der Waals surface area contributed by atoms with E-state index < -0.39 is 0 Å². The van der Waals surface area contributed by atoms with Crippen LogP contribution < -0.4 is 0 Å². The third-order valence-corrected chi connectivity index (χ3v) is 5.56. The Morgan fingerprint density at radius 2 is 2.06 bits per heavy atom. The predicted molar refractivity (Wildman–Crippen MR) is 64.4 cm³/mol. The lowest BCUT2D eigenvalue weighted by atomic mass is 9.70. The molecule has 2 aliphatic carbocycles. The second-order valence-corrected chi connectivity index (χ2v) is 6.28. The molecule has 2 fully saturated rings. The molecule has 0 heterocycles. The van der Waals surface area contributed by atoms with Gasteiger partial charge in [-0.1, -0.05) is 20.8 Å². The summed E-state index contributed by atoms with van der Waals surface area (Å²) in [4.78, 5) is 23.6. The first kappa shape index (κ1) is 12.6. The van der Waals surface area contributed by atoms with E-state index in [0.717, 1.165) is 12.8 Å². The van der Waals surface area contributed by atoms with Crippen LogP contribution in [0.1, 0.15) is 46.5 Å². The minimum absolute atomic E-state index is 0.0721. The Bertz CT molecular complexity index is 358. The van der Waals surface area contributed by atoms with Gasteiger partial charge in [-0.15, -0.1) is 0 Å². The molecule has 2 rings (SSSR count). The molecule has 96 valence electrons. The fraction of sp³-hybridized carbons (Fsp3) is 0.857. The van der Waals surface area contributed by atoms with Crippen LogP contribution in [0.3, 0.4) is 0 Å². The number of hydrogen-bond donors (Lipinski definition) is 0. The van der Waals surface area contributed by atoms with Gasteiger partial charge in [0.25, 0.3) is 0 Å². The average Bonchev–Trinajstić information content (AvgIpc) is 2.59. The van der Waals surface area contributed by atoms with Gasteiger partial charge >= 0.3 is 5.97 Å². The van der Waals surface area contributed by atoms with Gasteiger partial charge in [0.1, 0.15) is 5.78 Å². The van der Waals surface area contributed by atoms with E-state index in [4.69, 9.17) is 0 Å². The summed E-state index contributed by atoms with van der Waals surface area (Å²) >= 11 is 0. The standard InChI is InChI=1S/C14H22O3/c1-13(2)10-7-8-14(13,3)12(16)9(10)5-6-11(15)17-4/h9-10H,5-8H2,1-4H3/t9-,10+,14-/m0/s1. The minimum atomic E-state index is -0.205. The highest BCUT2D eigenvalue weighted by molar-refractivity contribution is 5.91. The summed E-state index contributed by atoms with van der Waals surface area (Å²) in [6, 6.07) is 0. The molecule has 0 saturated heterocycles. The molecular weight excluding hydrogens is 216 g/mol. The summed E-state index contributed by atoms with van der Waals surface area (Å²) in [6.45, 7) is 6.52. The van der Waals surface area contributed by atoms with Crippen LogP contribution >= 0.6 is 0 Å². The zero-order valence-electron chi connectivity index (χ0n) is 11.2. The van der Waals surface area contributed by atoms with Crippen LogP contribution in [-0.2, 0) is 14.3 Å². The summed E-state index contributed by atoms with van der Waals surface area (Å²) in [7, 11) is 1.40. The Morgan fingerprint density at radius 1 is 1.41 bits per heavy atom. The highest BCUT2D eigenvalue weighted by atomic mass is 16.5. The highest BCUT2D eigenvalue weighted by Crippen LogP contribution is 2.66. The Labute approximate surface area is 103 Å². The normalized spacial score (nSPS) is 38.5. The van der Waals surface area contributed by atoms with Crippen LogP contribution in [0.25, 0.3) is 0 Å². The van der Waals surface area contributed by atoms with E-state index >= 15 is 0 Å². The van der Waals surface area contributed by atoms with Crippen LogP contribution in [0.15, 0.2) is 0 Å². The zero-order chi connectivity index (χ0) is 12.8. The number of carbonyl (C=O) groups is 2. The summed E-state index contributed by atoms with van der Waals surface area (Å²) in [5.74, 6) is 0.693. The summed E-state index contributed by atoms with van der Waals surface area (Å²) < 4.78 is 4.65. The first-order chi connectivity index (χ1) is 7.84. The van der Waals surface area contributed by atoms with Crippen LogP contribution in [0.5, 0.6) is 0 Å². The molecule has 3 heteroatoms. The van der Waals surface area contributed by atoms with Gasteiger partial charge in [-0.3, -0.25) is 9.59 Å².